The van der Waals surface area contributed by atoms with Crippen LogP contribution < -0.4 is 0 Å². The normalized spacial score (nSPS) is 10.5. The van der Waals surface area contributed by atoms with Crippen molar-refractivity contribution >= 4 is 34.7 Å². The van der Waals surface area contributed by atoms with Gasteiger partial charge in [-0.15, -0.1) is 11.3 Å². The number of benzene rings is 1. The van der Waals surface area contributed by atoms with Crippen molar-refractivity contribution in [3.8, 4) is 0 Å². The molecule has 22 heavy (non-hydrogen) atoms. The van der Waals surface area contributed by atoms with Crippen LogP contribution in [0.25, 0.3) is 0 Å². The van der Waals surface area contributed by atoms with E-state index in [4.69, 9.17) is 0 Å². The molecule has 0 spiro atoms. The van der Waals surface area contributed by atoms with Gasteiger partial charge in [0.2, 0.25) is 5.78 Å². The summed E-state index contributed by atoms with van der Waals surface area (Å²) in [4.78, 5) is 30.7. The molecule has 0 aliphatic heterocycles. The molecule has 0 aliphatic carbocycles. The number of aromatic amines is 1. The molecule has 0 saturated carbocycles. The molecule has 3 aromatic rings. The summed E-state index contributed by atoms with van der Waals surface area (Å²) in [6.45, 7) is 0. The number of carbonyl (C=O) groups excluding carboxylic acids is 2. The predicted octanol–water partition coefficient (Wildman–Crippen LogP) is 3.01. The molecule has 2 heterocycles. The van der Waals surface area contributed by atoms with Crippen LogP contribution in [0.4, 0.5) is 0 Å². The number of nitrogens with zero attached hydrogens (tertiary/aromatic N) is 2. The molecule has 110 valence electrons. The van der Waals surface area contributed by atoms with E-state index in [1.807, 2.05) is 41.8 Å². The molecule has 0 amide bonds. The first kappa shape index (κ1) is 14.7. The van der Waals surface area contributed by atoms with Crippen LogP contribution in [0.3, 0.4) is 0 Å². The summed E-state index contributed by atoms with van der Waals surface area (Å²) in [6, 6.07) is 11.9. The highest BCUT2D eigenvalue weighted by atomic mass is 32.2. The molecule has 0 atom stereocenters. The van der Waals surface area contributed by atoms with Crippen LogP contribution in [0.2, 0.25) is 0 Å². The Morgan fingerprint density at radius 2 is 2.00 bits per heavy atom. The Morgan fingerprint density at radius 1 is 1.18 bits per heavy atom. The van der Waals surface area contributed by atoms with Crippen LogP contribution in [0.1, 0.15) is 15.5 Å². The number of rotatable bonds is 6. The molecule has 0 fully saturated rings. The lowest BCUT2D eigenvalue weighted by molar-refractivity contribution is -0.114. The lowest BCUT2D eigenvalue weighted by Gasteiger charge is -2.02. The van der Waals surface area contributed by atoms with Crippen LogP contribution in [-0.4, -0.2) is 26.7 Å². The van der Waals surface area contributed by atoms with E-state index in [9.17, 15) is 9.59 Å². The predicted molar refractivity (Wildman–Crippen MR) is 84.3 cm³/mol. The number of Topliss-reactive ketones (excluding diaryl/α,β-unsaturated/α-hetero) is 2. The van der Waals surface area contributed by atoms with Crippen molar-refractivity contribution in [2.45, 2.75) is 16.2 Å². The molecule has 0 bridgehead atoms. The lowest BCUT2D eigenvalue weighted by Crippen LogP contribution is -2.17. The van der Waals surface area contributed by atoms with Crippen molar-refractivity contribution in [3.05, 3.63) is 58.8 Å². The van der Waals surface area contributed by atoms with Crippen molar-refractivity contribution in [3.63, 3.8) is 0 Å². The minimum Gasteiger partial charge on any atom is -0.290 e. The Kier molecular flexibility index (Phi) is 4.45. The highest BCUT2D eigenvalue weighted by molar-refractivity contribution is 7.99. The summed E-state index contributed by atoms with van der Waals surface area (Å²) in [5.74, 6) is -1.14. The quantitative estimate of drug-likeness (QED) is 0.556. The zero-order valence-corrected chi connectivity index (χ0v) is 13.0. The van der Waals surface area contributed by atoms with Gasteiger partial charge < -0.3 is 0 Å². The fourth-order valence-corrected chi connectivity index (χ4v) is 3.83. The van der Waals surface area contributed by atoms with Crippen LogP contribution in [0, 0.1) is 0 Å². The summed E-state index contributed by atoms with van der Waals surface area (Å²) in [6.07, 6.45) is 1.29. The summed E-state index contributed by atoms with van der Waals surface area (Å²) < 4.78 is 0. The molecule has 0 unspecified atom stereocenters. The minimum atomic E-state index is -0.637. The zero-order valence-electron chi connectivity index (χ0n) is 11.4. The van der Waals surface area contributed by atoms with Crippen molar-refractivity contribution in [2.75, 3.05) is 0 Å². The van der Waals surface area contributed by atoms with Gasteiger partial charge in [0, 0.05) is 14.7 Å². The number of nitrogens with one attached hydrogen (secondary N) is 1. The molecule has 0 aliphatic rings. The highest BCUT2D eigenvalue weighted by Gasteiger charge is 2.21. The Bertz CT molecular complexity index is 782. The van der Waals surface area contributed by atoms with Crippen molar-refractivity contribution in [1.82, 2.24) is 15.2 Å². The molecule has 0 saturated heterocycles. The first-order valence-electron chi connectivity index (χ1n) is 6.46. The monoisotopic (exact) mass is 329 g/mol. The van der Waals surface area contributed by atoms with E-state index in [1.54, 1.807) is 11.8 Å². The van der Waals surface area contributed by atoms with Gasteiger partial charge in [0.05, 0.1) is 6.42 Å². The standard InChI is InChI=1S/C15H11N3O2S2/c19-11(14(20)15-16-9-17-18-15)8-13-12(6-7-21-13)22-10-4-2-1-3-5-10/h1-7,9H,8H2,(H,16,17,18). The van der Waals surface area contributed by atoms with Gasteiger partial charge in [-0.05, 0) is 23.6 Å². The second kappa shape index (κ2) is 6.67. The second-order valence-electron chi connectivity index (χ2n) is 4.39. The van der Waals surface area contributed by atoms with E-state index in [0.717, 1.165) is 14.7 Å². The number of ketones is 2. The van der Waals surface area contributed by atoms with Crippen LogP contribution in [0.5, 0.6) is 0 Å². The van der Waals surface area contributed by atoms with Gasteiger partial charge in [0.1, 0.15) is 6.33 Å². The second-order valence-corrected chi connectivity index (χ2v) is 6.50. The number of carbonyl (C=O) groups is 2. The van der Waals surface area contributed by atoms with Gasteiger partial charge in [0.25, 0.3) is 5.78 Å². The Hall–Kier alpha value is -2.25. The Labute approximate surface area is 134 Å². The topological polar surface area (TPSA) is 75.7 Å². The molecule has 1 N–H and O–H groups in total. The Balaban J connectivity index is 1.72. The maximum Gasteiger partial charge on any atom is 0.265 e. The third-order valence-electron chi connectivity index (χ3n) is 2.88. The largest absolute Gasteiger partial charge is 0.290 e. The smallest absolute Gasteiger partial charge is 0.265 e. The number of aromatic nitrogens is 3. The van der Waals surface area contributed by atoms with E-state index < -0.39 is 11.6 Å². The summed E-state index contributed by atoms with van der Waals surface area (Å²) in [5, 5.41) is 7.93. The number of H-pyrrole nitrogens is 1. The third kappa shape index (κ3) is 3.32. The van der Waals surface area contributed by atoms with Gasteiger partial charge in [-0.25, -0.2) is 4.98 Å². The fourth-order valence-electron chi connectivity index (χ4n) is 1.84. The highest BCUT2D eigenvalue weighted by Crippen LogP contribution is 2.33. The molecule has 1 aromatic carbocycles. The summed E-state index contributed by atoms with van der Waals surface area (Å²) in [7, 11) is 0. The van der Waals surface area contributed by atoms with Crippen LogP contribution in [0.15, 0.2) is 57.9 Å². The number of hydrogen-bond donors (Lipinski definition) is 1. The average molecular weight is 329 g/mol. The fraction of sp³-hybridized carbons (Fsp3) is 0.0667. The zero-order chi connectivity index (χ0) is 15.4. The SMILES string of the molecule is O=C(Cc1sccc1Sc1ccccc1)C(=O)c1ncn[nH]1. The van der Waals surface area contributed by atoms with Crippen molar-refractivity contribution < 1.29 is 9.59 Å². The van der Waals surface area contributed by atoms with E-state index in [1.165, 1.54) is 17.7 Å². The minimum absolute atomic E-state index is 0.0150. The summed E-state index contributed by atoms with van der Waals surface area (Å²) >= 11 is 3.05. The van der Waals surface area contributed by atoms with E-state index >= 15 is 0 Å². The van der Waals surface area contributed by atoms with E-state index in [2.05, 4.69) is 15.2 Å². The van der Waals surface area contributed by atoms with Gasteiger partial charge in [-0.3, -0.25) is 14.7 Å². The maximum atomic E-state index is 12.1. The Morgan fingerprint density at radius 3 is 2.73 bits per heavy atom. The number of thiophene rings is 1. The first-order valence-corrected chi connectivity index (χ1v) is 8.16. The van der Waals surface area contributed by atoms with E-state index in [-0.39, 0.29) is 12.2 Å². The molecule has 3 rings (SSSR count). The lowest BCUT2D eigenvalue weighted by atomic mass is 10.1. The van der Waals surface area contributed by atoms with Crippen LogP contribution in [-0.2, 0) is 11.2 Å². The molecule has 2 aromatic heterocycles. The van der Waals surface area contributed by atoms with Crippen molar-refractivity contribution in [1.29, 1.82) is 0 Å². The van der Waals surface area contributed by atoms with Gasteiger partial charge in [0.15, 0.2) is 5.82 Å². The number of hydrogen-bond acceptors (Lipinski definition) is 6. The molecule has 0 radical (unpaired) electrons. The average Bonchev–Trinajstić information content (AvgIpc) is 3.20. The van der Waals surface area contributed by atoms with Gasteiger partial charge in [-0.1, -0.05) is 30.0 Å². The summed E-state index contributed by atoms with van der Waals surface area (Å²) in [5.41, 5.74) is 0. The van der Waals surface area contributed by atoms with Crippen LogP contribution >= 0.6 is 23.1 Å². The molecule has 5 nitrogen and oxygen atoms in total. The van der Waals surface area contributed by atoms with Gasteiger partial charge in [-0.2, -0.15) is 5.10 Å². The maximum absolute atomic E-state index is 12.1. The van der Waals surface area contributed by atoms with E-state index in [0.29, 0.717) is 0 Å². The third-order valence-corrected chi connectivity index (χ3v) is 5.04. The van der Waals surface area contributed by atoms with Crippen molar-refractivity contribution in [2.24, 2.45) is 0 Å². The molecule has 7 heteroatoms. The molecular weight excluding hydrogens is 318 g/mol. The molecular formula is C15H11N3O2S2. The first-order chi connectivity index (χ1) is 10.7. The van der Waals surface area contributed by atoms with Gasteiger partial charge >= 0.3 is 0 Å².